The van der Waals surface area contributed by atoms with Crippen LogP contribution in [0.4, 0.5) is 0 Å². The van der Waals surface area contributed by atoms with Gasteiger partial charge in [-0.1, -0.05) is 0 Å². The topological polar surface area (TPSA) is 62.7 Å². The first-order chi connectivity index (χ1) is 5.38. The van der Waals surface area contributed by atoms with Gasteiger partial charge in [0, 0.05) is 45.1 Å². The second-order valence-electron chi connectivity index (χ2n) is 1.93. The van der Waals surface area contributed by atoms with Crippen LogP contribution in [-0.4, -0.2) is 4.98 Å². The zero-order valence-electron chi connectivity index (χ0n) is 6.44. The maximum absolute atomic E-state index is 8.58. The number of pyridine rings is 1. The third-order valence-corrected chi connectivity index (χ3v) is 1.25. The molecule has 0 fully saturated rings. The van der Waals surface area contributed by atoms with Crippen molar-refractivity contribution in [1.29, 1.82) is 5.26 Å². The number of aromatic nitrogens is 1. The van der Waals surface area contributed by atoms with E-state index in [1.165, 1.54) is 12.4 Å². The zero-order chi connectivity index (χ0) is 8.10. The monoisotopic (exact) mass is 234 g/mol. The Morgan fingerprint density at radius 1 is 1.58 bits per heavy atom. The summed E-state index contributed by atoms with van der Waals surface area (Å²) < 4.78 is 0. The molecule has 57 valence electrons. The molecule has 0 aliphatic heterocycles. The largest absolute Gasteiger partial charge is 0.405 e. The molecular formula is C8H7N3Y. The quantitative estimate of drug-likeness (QED) is 0.784. The number of nitriles is 1. The molecule has 0 aliphatic carbocycles. The predicted molar refractivity (Wildman–Crippen MR) is 42.2 cm³/mol. The van der Waals surface area contributed by atoms with Crippen LogP contribution in [0.2, 0.25) is 0 Å². The number of hydrogen-bond acceptors (Lipinski definition) is 3. The van der Waals surface area contributed by atoms with E-state index in [0.29, 0.717) is 5.56 Å². The van der Waals surface area contributed by atoms with Gasteiger partial charge in [0.15, 0.2) is 0 Å². The van der Waals surface area contributed by atoms with E-state index in [4.69, 9.17) is 11.0 Å². The van der Waals surface area contributed by atoms with E-state index in [9.17, 15) is 0 Å². The summed E-state index contributed by atoms with van der Waals surface area (Å²) in [6.45, 7) is 0. The Hall–Kier alpha value is -0.716. The Morgan fingerprint density at radius 3 is 2.92 bits per heavy atom. The van der Waals surface area contributed by atoms with Crippen molar-refractivity contribution in [3.05, 3.63) is 35.8 Å². The molecule has 12 heavy (non-hydrogen) atoms. The summed E-state index contributed by atoms with van der Waals surface area (Å²) >= 11 is 0. The van der Waals surface area contributed by atoms with Gasteiger partial charge in [-0.15, -0.1) is 0 Å². The molecule has 2 N–H and O–H groups in total. The maximum Gasteiger partial charge on any atom is 0.101 e. The van der Waals surface area contributed by atoms with E-state index in [2.05, 4.69) is 4.98 Å². The molecule has 1 radical (unpaired) electrons. The van der Waals surface area contributed by atoms with E-state index in [-0.39, 0.29) is 32.7 Å². The van der Waals surface area contributed by atoms with Crippen molar-refractivity contribution in [3.63, 3.8) is 0 Å². The van der Waals surface area contributed by atoms with Gasteiger partial charge in [0.2, 0.25) is 0 Å². The van der Waals surface area contributed by atoms with Gasteiger partial charge < -0.3 is 5.73 Å². The molecule has 0 amide bonds. The molecule has 4 heteroatoms. The number of rotatable bonds is 1. The van der Waals surface area contributed by atoms with Crippen LogP contribution in [0.25, 0.3) is 6.08 Å². The summed E-state index contributed by atoms with van der Waals surface area (Å²) in [6.07, 6.45) is 6.20. The van der Waals surface area contributed by atoms with E-state index < -0.39 is 0 Å². The maximum atomic E-state index is 8.58. The van der Waals surface area contributed by atoms with Gasteiger partial charge in [-0.3, -0.25) is 4.98 Å². The molecule has 0 saturated heterocycles. The second-order valence-corrected chi connectivity index (χ2v) is 1.93. The van der Waals surface area contributed by atoms with Crippen LogP contribution >= 0.6 is 0 Å². The molecule has 0 unspecified atom stereocenters. The summed E-state index contributed by atoms with van der Waals surface area (Å²) in [5.41, 5.74) is 6.51. The van der Waals surface area contributed by atoms with Crippen molar-refractivity contribution in [1.82, 2.24) is 4.98 Å². The summed E-state index contributed by atoms with van der Waals surface area (Å²) in [6, 6.07) is 3.75. The van der Waals surface area contributed by atoms with E-state index in [1.54, 1.807) is 18.3 Å². The smallest absolute Gasteiger partial charge is 0.101 e. The Bertz CT molecular complexity index is 314. The Balaban J connectivity index is 0.00000121. The van der Waals surface area contributed by atoms with Crippen LogP contribution in [0.3, 0.4) is 0 Å². The summed E-state index contributed by atoms with van der Waals surface area (Å²) in [5.74, 6) is 0. The molecule has 1 rings (SSSR count). The molecule has 1 heterocycles. The van der Waals surface area contributed by atoms with Crippen molar-refractivity contribution < 1.29 is 32.7 Å². The average molecular weight is 234 g/mol. The third kappa shape index (κ3) is 2.73. The van der Waals surface area contributed by atoms with Crippen LogP contribution in [0.1, 0.15) is 11.1 Å². The first kappa shape index (κ1) is 11.3. The van der Waals surface area contributed by atoms with Crippen molar-refractivity contribution in [3.8, 4) is 6.07 Å². The number of nitrogens with two attached hydrogens (primary N) is 1. The summed E-state index contributed by atoms with van der Waals surface area (Å²) in [5, 5.41) is 8.58. The van der Waals surface area contributed by atoms with Gasteiger partial charge in [-0.05, 0) is 23.9 Å². The Labute approximate surface area is 96.2 Å². The van der Waals surface area contributed by atoms with Gasteiger partial charge in [0.25, 0.3) is 0 Å². The first-order valence-electron chi connectivity index (χ1n) is 3.11. The Kier molecular flexibility index (Phi) is 5.52. The summed E-state index contributed by atoms with van der Waals surface area (Å²) in [7, 11) is 0. The zero-order valence-corrected chi connectivity index (χ0v) is 9.27. The molecule has 0 bridgehead atoms. The van der Waals surface area contributed by atoms with Crippen LogP contribution in [0.5, 0.6) is 0 Å². The minimum atomic E-state index is 0. The fourth-order valence-corrected chi connectivity index (χ4v) is 0.748. The predicted octanol–water partition coefficient (Wildman–Crippen LogP) is 0.880. The molecule has 1 aromatic heterocycles. The normalized spacial score (nSPS) is 8.92. The summed E-state index contributed by atoms with van der Waals surface area (Å²) in [4.78, 5) is 3.80. The molecule has 3 nitrogen and oxygen atoms in total. The average Bonchev–Trinajstić information content (AvgIpc) is 2.06. The molecule has 0 spiro atoms. The van der Waals surface area contributed by atoms with Gasteiger partial charge in [0.1, 0.15) is 6.07 Å². The minimum Gasteiger partial charge on any atom is -0.405 e. The Morgan fingerprint density at radius 2 is 2.33 bits per heavy atom. The molecule has 1 aromatic rings. The van der Waals surface area contributed by atoms with E-state index in [1.807, 2.05) is 6.07 Å². The fraction of sp³-hybridized carbons (Fsp3) is 0. The first-order valence-corrected chi connectivity index (χ1v) is 3.11. The SMILES string of the molecule is N#Cc1cnccc1/C=C/N.[Y]. The van der Waals surface area contributed by atoms with Gasteiger partial charge in [0.05, 0.1) is 5.56 Å². The van der Waals surface area contributed by atoms with Crippen LogP contribution < -0.4 is 5.73 Å². The molecule has 0 atom stereocenters. The van der Waals surface area contributed by atoms with Crippen molar-refractivity contribution >= 4 is 6.08 Å². The number of nitrogens with zero attached hydrogens (tertiary/aromatic N) is 2. The molecular weight excluding hydrogens is 227 g/mol. The van der Waals surface area contributed by atoms with Gasteiger partial charge in [-0.25, -0.2) is 0 Å². The van der Waals surface area contributed by atoms with Crippen LogP contribution in [0, 0.1) is 11.3 Å². The van der Waals surface area contributed by atoms with Gasteiger partial charge >= 0.3 is 0 Å². The van der Waals surface area contributed by atoms with Gasteiger partial charge in [-0.2, -0.15) is 5.26 Å². The molecule has 0 aliphatic rings. The van der Waals surface area contributed by atoms with Crippen LogP contribution in [-0.2, 0) is 32.7 Å². The fourth-order valence-electron chi connectivity index (χ4n) is 0.748. The molecule has 0 aromatic carbocycles. The number of hydrogen-bond donors (Lipinski definition) is 1. The van der Waals surface area contributed by atoms with E-state index in [0.717, 1.165) is 5.56 Å². The minimum absolute atomic E-state index is 0. The molecule has 0 saturated carbocycles. The van der Waals surface area contributed by atoms with Crippen LogP contribution in [0.15, 0.2) is 24.7 Å². The van der Waals surface area contributed by atoms with Crippen molar-refractivity contribution in [2.45, 2.75) is 0 Å². The van der Waals surface area contributed by atoms with E-state index >= 15 is 0 Å². The standard InChI is InChI=1S/C8H7N3.Y/c9-3-1-7-2-4-11-6-8(7)5-10;/h1-4,6H,9H2;/b3-1+;. The second kappa shape index (κ2) is 5.87. The van der Waals surface area contributed by atoms with Crippen molar-refractivity contribution in [2.24, 2.45) is 5.73 Å². The van der Waals surface area contributed by atoms with Crippen molar-refractivity contribution in [2.75, 3.05) is 0 Å². The third-order valence-electron chi connectivity index (χ3n) is 1.25.